The predicted octanol–water partition coefficient (Wildman–Crippen LogP) is 4.47. The molecule has 1 aliphatic carbocycles. The molecule has 1 heterocycles. The Bertz CT molecular complexity index is 835. The Labute approximate surface area is 143 Å². The van der Waals surface area contributed by atoms with E-state index in [-0.39, 0.29) is 5.69 Å². The minimum absolute atomic E-state index is 0.0261. The maximum Gasteiger partial charge on any atom is 0.417 e. The van der Waals surface area contributed by atoms with Crippen molar-refractivity contribution in [2.24, 2.45) is 0 Å². The number of rotatable bonds is 3. The zero-order valence-corrected chi connectivity index (χ0v) is 13.3. The third kappa shape index (κ3) is 3.55. The molecule has 0 saturated heterocycles. The zero-order valence-electron chi connectivity index (χ0n) is 13.3. The number of aryl methyl sites for hydroxylation is 2. The largest absolute Gasteiger partial charge is 0.417 e. The number of pyridine rings is 1. The van der Waals surface area contributed by atoms with E-state index in [2.05, 4.69) is 4.98 Å². The third-order valence-corrected chi connectivity index (χ3v) is 4.43. The van der Waals surface area contributed by atoms with Crippen molar-refractivity contribution in [1.29, 1.82) is 5.26 Å². The van der Waals surface area contributed by atoms with Gasteiger partial charge in [-0.2, -0.15) is 18.4 Å². The minimum atomic E-state index is -4.50. The van der Waals surface area contributed by atoms with Crippen molar-refractivity contribution < 1.29 is 18.0 Å². The molecule has 1 unspecified atom stereocenters. The molecule has 0 N–H and O–H groups in total. The van der Waals surface area contributed by atoms with Crippen LogP contribution in [0.5, 0.6) is 0 Å². The van der Waals surface area contributed by atoms with Gasteiger partial charge in [0.15, 0.2) is 11.7 Å². The highest BCUT2D eigenvalue weighted by molar-refractivity contribution is 6.02. The van der Waals surface area contributed by atoms with Crippen molar-refractivity contribution in [2.45, 2.75) is 37.8 Å². The van der Waals surface area contributed by atoms with Gasteiger partial charge in [0.05, 0.1) is 17.3 Å². The van der Waals surface area contributed by atoms with Crippen LogP contribution in [-0.2, 0) is 19.0 Å². The van der Waals surface area contributed by atoms with Gasteiger partial charge in [0.1, 0.15) is 0 Å². The molecule has 25 heavy (non-hydrogen) atoms. The quantitative estimate of drug-likeness (QED) is 0.772. The number of halogens is 3. The standard InChI is InChI=1S/C19H15F3N2O/c20-19(21,22)15-7-8-17(24-11-15)16(10-23)18(25)14-6-5-12-3-1-2-4-13(12)9-14/h5-9,11,16H,1-4H2. The number of aromatic nitrogens is 1. The van der Waals surface area contributed by atoms with Gasteiger partial charge in [-0.15, -0.1) is 0 Å². The van der Waals surface area contributed by atoms with Crippen LogP contribution < -0.4 is 0 Å². The van der Waals surface area contributed by atoms with Crippen molar-refractivity contribution in [3.05, 3.63) is 64.5 Å². The van der Waals surface area contributed by atoms with Gasteiger partial charge in [0, 0.05) is 11.8 Å². The fourth-order valence-electron chi connectivity index (χ4n) is 3.06. The maximum atomic E-state index is 12.7. The Hall–Kier alpha value is -2.68. The molecule has 6 heteroatoms. The van der Waals surface area contributed by atoms with Crippen LogP contribution in [-0.4, -0.2) is 10.8 Å². The van der Waals surface area contributed by atoms with E-state index >= 15 is 0 Å². The van der Waals surface area contributed by atoms with Gasteiger partial charge in [-0.1, -0.05) is 12.1 Å². The number of alkyl halides is 3. The maximum absolute atomic E-state index is 12.7. The summed E-state index contributed by atoms with van der Waals surface area (Å²) in [5.41, 5.74) is 1.83. The van der Waals surface area contributed by atoms with Gasteiger partial charge in [-0.3, -0.25) is 9.78 Å². The molecule has 1 aromatic heterocycles. The molecule has 0 bridgehead atoms. The molecule has 0 saturated carbocycles. The number of ketones is 1. The van der Waals surface area contributed by atoms with Gasteiger partial charge in [0.25, 0.3) is 0 Å². The van der Waals surface area contributed by atoms with Crippen molar-refractivity contribution in [2.75, 3.05) is 0 Å². The number of benzene rings is 1. The van der Waals surface area contributed by atoms with Gasteiger partial charge in [0.2, 0.25) is 0 Å². The summed E-state index contributed by atoms with van der Waals surface area (Å²) < 4.78 is 37.8. The predicted molar refractivity (Wildman–Crippen MR) is 85.0 cm³/mol. The number of nitrogens with zero attached hydrogens (tertiary/aromatic N) is 2. The Morgan fingerprint density at radius 3 is 2.44 bits per heavy atom. The fraction of sp³-hybridized carbons (Fsp3) is 0.316. The monoisotopic (exact) mass is 344 g/mol. The van der Waals surface area contributed by atoms with E-state index < -0.39 is 23.4 Å². The summed E-state index contributed by atoms with van der Waals surface area (Å²) in [4.78, 5) is 16.3. The highest BCUT2D eigenvalue weighted by atomic mass is 19.4. The van der Waals surface area contributed by atoms with E-state index in [0.717, 1.165) is 43.4 Å². The Balaban J connectivity index is 1.88. The topological polar surface area (TPSA) is 53.8 Å². The Kier molecular flexibility index (Phi) is 4.58. The van der Waals surface area contributed by atoms with Crippen LogP contribution in [0.3, 0.4) is 0 Å². The number of carbonyl (C=O) groups excluding carboxylic acids is 1. The highest BCUT2D eigenvalue weighted by Gasteiger charge is 2.32. The second-order valence-electron chi connectivity index (χ2n) is 6.09. The van der Waals surface area contributed by atoms with Crippen LogP contribution >= 0.6 is 0 Å². The number of hydrogen-bond acceptors (Lipinski definition) is 3. The minimum Gasteiger partial charge on any atom is -0.292 e. The SMILES string of the molecule is N#CC(C(=O)c1ccc2c(c1)CCCC2)c1ccc(C(F)(F)F)cn1. The molecule has 1 aromatic carbocycles. The summed E-state index contributed by atoms with van der Waals surface area (Å²) in [5.74, 6) is -1.66. The van der Waals surface area contributed by atoms with E-state index in [1.165, 1.54) is 5.56 Å². The number of carbonyl (C=O) groups is 1. The lowest BCUT2D eigenvalue weighted by molar-refractivity contribution is -0.137. The first-order valence-corrected chi connectivity index (χ1v) is 7.99. The molecule has 1 aliphatic rings. The highest BCUT2D eigenvalue weighted by Crippen LogP contribution is 2.30. The molecule has 0 radical (unpaired) electrons. The molecule has 2 aromatic rings. The smallest absolute Gasteiger partial charge is 0.292 e. The van der Waals surface area contributed by atoms with Crippen LogP contribution in [0, 0.1) is 11.3 Å². The molecule has 3 rings (SSSR count). The molecule has 3 nitrogen and oxygen atoms in total. The normalized spacial score (nSPS) is 15.1. The lowest BCUT2D eigenvalue weighted by Crippen LogP contribution is -2.15. The molecule has 0 spiro atoms. The zero-order chi connectivity index (χ0) is 18.0. The molecule has 0 aliphatic heterocycles. The average molecular weight is 344 g/mol. The number of nitriles is 1. The van der Waals surface area contributed by atoms with Crippen molar-refractivity contribution >= 4 is 5.78 Å². The van der Waals surface area contributed by atoms with Crippen LogP contribution in [0.1, 0.15) is 51.5 Å². The van der Waals surface area contributed by atoms with Crippen LogP contribution in [0.4, 0.5) is 13.2 Å². The van der Waals surface area contributed by atoms with Crippen LogP contribution in [0.2, 0.25) is 0 Å². The van der Waals surface area contributed by atoms with Crippen molar-refractivity contribution in [3.63, 3.8) is 0 Å². The number of fused-ring (bicyclic) bond motifs is 1. The molecule has 0 fully saturated rings. The van der Waals surface area contributed by atoms with Crippen LogP contribution in [0.15, 0.2) is 36.5 Å². The van der Waals surface area contributed by atoms with E-state index in [1.807, 2.05) is 12.1 Å². The van der Waals surface area contributed by atoms with Crippen molar-refractivity contribution in [3.8, 4) is 6.07 Å². The van der Waals surface area contributed by atoms with Gasteiger partial charge < -0.3 is 0 Å². The second-order valence-corrected chi connectivity index (χ2v) is 6.09. The first-order valence-electron chi connectivity index (χ1n) is 7.99. The summed E-state index contributed by atoms with van der Waals surface area (Å²) >= 11 is 0. The molecular formula is C19H15F3N2O. The lowest BCUT2D eigenvalue weighted by atomic mass is 9.87. The van der Waals surface area contributed by atoms with E-state index in [4.69, 9.17) is 0 Å². The second kappa shape index (κ2) is 6.67. The first-order chi connectivity index (χ1) is 11.9. The fourth-order valence-corrected chi connectivity index (χ4v) is 3.06. The van der Waals surface area contributed by atoms with Crippen molar-refractivity contribution in [1.82, 2.24) is 4.98 Å². The molecule has 1 atom stereocenters. The lowest BCUT2D eigenvalue weighted by Gasteiger charge is -2.17. The molecule has 128 valence electrons. The molecule has 0 amide bonds. The van der Waals surface area contributed by atoms with E-state index in [0.29, 0.717) is 11.8 Å². The van der Waals surface area contributed by atoms with Gasteiger partial charge >= 0.3 is 6.18 Å². The number of hydrogen-bond donors (Lipinski definition) is 0. The summed E-state index contributed by atoms with van der Waals surface area (Å²) in [6, 6.07) is 9.17. The van der Waals surface area contributed by atoms with E-state index in [9.17, 15) is 23.2 Å². The van der Waals surface area contributed by atoms with E-state index in [1.54, 1.807) is 12.1 Å². The van der Waals surface area contributed by atoms with Gasteiger partial charge in [-0.25, -0.2) is 0 Å². The Morgan fingerprint density at radius 2 is 1.84 bits per heavy atom. The average Bonchev–Trinajstić information content (AvgIpc) is 2.61. The summed E-state index contributed by atoms with van der Waals surface area (Å²) in [5, 5.41) is 9.35. The molecular weight excluding hydrogens is 329 g/mol. The summed E-state index contributed by atoms with van der Waals surface area (Å²) in [6.07, 6.45) is 0.206. The van der Waals surface area contributed by atoms with Crippen LogP contribution in [0.25, 0.3) is 0 Å². The first kappa shape index (κ1) is 17.2. The number of Topliss-reactive ketones (excluding diaryl/α,β-unsaturated/α-hetero) is 1. The Morgan fingerprint density at radius 1 is 1.12 bits per heavy atom. The summed E-state index contributed by atoms with van der Waals surface area (Å²) in [6.45, 7) is 0. The van der Waals surface area contributed by atoms with Gasteiger partial charge in [-0.05, 0) is 55.0 Å². The summed E-state index contributed by atoms with van der Waals surface area (Å²) in [7, 11) is 0. The third-order valence-electron chi connectivity index (χ3n) is 4.43.